The Labute approximate surface area is 180 Å². The van der Waals surface area contributed by atoms with Crippen LogP contribution in [-0.2, 0) is 0 Å². The van der Waals surface area contributed by atoms with Gasteiger partial charge >= 0.3 is 0 Å². The lowest BCUT2D eigenvalue weighted by Gasteiger charge is -2.57. The van der Waals surface area contributed by atoms with Gasteiger partial charge in [-0.3, -0.25) is 19.6 Å². The van der Waals surface area contributed by atoms with Crippen molar-refractivity contribution in [3.63, 3.8) is 0 Å². The standard InChI is InChI=1S/C25H46N4/c1-4-10-22(11-5-1)27-19-16-26-17-20-28(23-12-6-2-7-13-23)25(27)29(21-18-26)24-14-8-3-9-15-24/h22-25H,1-21H2. The summed E-state index contributed by atoms with van der Waals surface area (Å²) in [7, 11) is 0. The molecule has 6 fully saturated rings. The summed E-state index contributed by atoms with van der Waals surface area (Å²) < 4.78 is 0. The highest BCUT2D eigenvalue weighted by atomic mass is 15.6. The van der Waals surface area contributed by atoms with Crippen molar-refractivity contribution >= 4 is 0 Å². The minimum Gasteiger partial charge on any atom is -0.300 e. The van der Waals surface area contributed by atoms with Crippen LogP contribution in [0.4, 0.5) is 0 Å². The van der Waals surface area contributed by atoms with Gasteiger partial charge in [0.2, 0.25) is 0 Å². The third-order valence-corrected chi connectivity index (χ3v) is 9.04. The number of fused-ring (bicyclic) bond motifs is 6. The molecule has 29 heavy (non-hydrogen) atoms. The van der Waals surface area contributed by atoms with Crippen LogP contribution in [0.25, 0.3) is 0 Å². The maximum atomic E-state index is 3.05. The third kappa shape index (κ3) is 4.71. The second kappa shape index (κ2) is 9.97. The normalized spacial score (nSPS) is 36.0. The monoisotopic (exact) mass is 402 g/mol. The fourth-order valence-electron chi connectivity index (χ4n) is 7.38. The molecule has 0 N–H and O–H groups in total. The van der Waals surface area contributed by atoms with Crippen molar-refractivity contribution in [2.24, 2.45) is 0 Å². The smallest absolute Gasteiger partial charge is 0.120 e. The van der Waals surface area contributed by atoms with Gasteiger partial charge in [0.05, 0.1) is 0 Å². The molecule has 3 aliphatic heterocycles. The first-order valence-electron chi connectivity index (χ1n) is 13.4. The minimum absolute atomic E-state index is 0.603. The molecule has 3 saturated carbocycles. The SMILES string of the molecule is C1CCC(N2CCN3CCN(C4CCCCC4)C2N(C2CCCCC2)CC3)CC1. The molecule has 4 heteroatoms. The molecule has 4 nitrogen and oxygen atoms in total. The quantitative estimate of drug-likeness (QED) is 0.689. The molecule has 0 unspecified atom stereocenters. The first-order chi connectivity index (χ1) is 14.4. The van der Waals surface area contributed by atoms with Gasteiger partial charge in [-0.15, -0.1) is 0 Å². The zero-order valence-corrected chi connectivity index (χ0v) is 18.9. The maximum absolute atomic E-state index is 3.05. The highest BCUT2D eigenvalue weighted by molar-refractivity contribution is 4.94. The van der Waals surface area contributed by atoms with E-state index in [9.17, 15) is 0 Å². The molecule has 0 aromatic heterocycles. The largest absolute Gasteiger partial charge is 0.300 e. The van der Waals surface area contributed by atoms with Crippen molar-refractivity contribution in [3.8, 4) is 0 Å². The Kier molecular flexibility index (Phi) is 7.13. The van der Waals surface area contributed by atoms with Gasteiger partial charge in [-0.1, -0.05) is 57.8 Å². The molecule has 6 aliphatic rings. The summed E-state index contributed by atoms with van der Waals surface area (Å²) in [5, 5.41) is 0. The summed E-state index contributed by atoms with van der Waals surface area (Å²) in [6.07, 6.45) is 22.5. The Morgan fingerprint density at radius 1 is 0.345 bits per heavy atom. The van der Waals surface area contributed by atoms with E-state index in [1.54, 1.807) is 0 Å². The maximum Gasteiger partial charge on any atom is 0.120 e. The van der Waals surface area contributed by atoms with Crippen LogP contribution in [0.5, 0.6) is 0 Å². The zero-order valence-electron chi connectivity index (χ0n) is 18.9. The molecule has 3 heterocycles. The number of rotatable bonds is 3. The number of hydrogen-bond acceptors (Lipinski definition) is 4. The lowest BCUT2D eigenvalue weighted by atomic mass is 9.90. The van der Waals surface area contributed by atoms with Crippen molar-refractivity contribution in [3.05, 3.63) is 0 Å². The van der Waals surface area contributed by atoms with Gasteiger partial charge in [0.15, 0.2) is 0 Å². The van der Waals surface area contributed by atoms with Crippen LogP contribution >= 0.6 is 0 Å². The van der Waals surface area contributed by atoms with E-state index in [0.29, 0.717) is 6.29 Å². The second-order valence-electron chi connectivity index (χ2n) is 10.8. The highest BCUT2D eigenvalue weighted by Gasteiger charge is 2.43. The van der Waals surface area contributed by atoms with E-state index in [1.165, 1.54) is 136 Å². The van der Waals surface area contributed by atoms with E-state index < -0.39 is 0 Å². The predicted molar refractivity (Wildman–Crippen MR) is 121 cm³/mol. The van der Waals surface area contributed by atoms with Crippen LogP contribution in [-0.4, -0.2) is 83.3 Å². The van der Waals surface area contributed by atoms with Crippen molar-refractivity contribution in [2.45, 2.75) is 121 Å². The van der Waals surface area contributed by atoms with Crippen LogP contribution < -0.4 is 0 Å². The molecule has 0 aromatic rings. The van der Waals surface area contributed by atoms with E-state index in [2.05, 4.69) is 19.6 Å². The van der Waals surface area contributed by atoms with E-state index in [0.717, 1.165) is 18.1 Å². The predicted octanol–water partition coefficient (Wildman–Crippen LogP) is 4.50. The second-order valence-corrected chi connectivity index (χ2v) is 10.8. The van der Waals surface area contributed by atoms with E-state index in [-0.39, 0.29) is 0 Å². The Morgan fingerprint density at radius 2 is 0.655 bits per heavy atom. The van der Waals surface area contributed by atoms with Gasteiger partial charge in [0.25, 0.3) is 0 Å². The topological polar surface area (TPSA) is 13.0 Å². The highest BCUT2D eigenvalue weighted by Crippen LogP contribution is 2.35. The van der Waals surface area contributed by atoms with Gasteiger partial charge < -0.3 is 0 Å². The Balaban J connectivity index is 1.47. The fourth-order valence-corrected chi connectivity index (χ4v) is 7.38. The molecule has 2 bridgehead atoms. The number of nitrogens with zero attached hydrogens (tertiary/aromatic N) is 4. The molecule has 3 saturated heterocycles. The van der Waals surface area contributed by atoms with Crippen LogP contribution in [0.1, 0.15) is 96.3 Å². The minimum atomic E-state index is 0.603. The molecular formula is C25H46N4. The van der Waals surface area contributed by atoms with Crippen molar-refractivity contribution < 1.29 is 0 Å². The lowest BCUT2D eigenvalue weighted by molar-refractivity contribution is -0.160. The van der Waals surface area contributed by atoms with E-state index >= 15 is 0 Å². The molecule has 0 aromatic carbocycles. The molecule has 6 rings (SSSR count). The molecular weight excluding hydrogens is 356 g/mol. The molecule has 166 valence electrons. The van der Waals surface area contributed by atoms with Gasteiger partial charge in [-0.05, 0) is 38.5 Å². The summed E-state index contributed by atoms with van der Waals surface area (Å²) in [5.74, 6) is 0. The fraction of sp³-hybridized carbons (Fsp3) is 1.00. The molecule has 0 spiro atoms. The number of hydrogen-bond donors (Lipinski definition) is 0. The van der Waals surface area contributed by atoms with E-state index in [4.69, 9.17) is 0 Å². The van der Waals surface area contributed by atoms with Crippen LogP contribution in [0.15, 0.2) is 0 Å². The zero-order chi connectivity index (χ0) is 19.5. The summed E-state index contributed by atoms with van der Waals surface area (Å²) in [6.45, 7) is 7.85. The van der Waals surface area contributed by atoms with Crippen molar-refractivity contribution in [1.29, 1.82) is 0 Å². The molecule has 0 atom stereocenters. The van der Waals surface area contributed by atoms with Gasteiger partial charge in [-0.2, -0.15) is 0 Å². The van der Waals surface area contributed by atoms with Crippen molar-refractivity contribution in [2.75, 3.05) is 39.3 Å². The molecule has 0 amide bonds. The van der Waals surface area contributed by atoms with Gasteiger partial charge in [-0.25, -0.2) is 0 Å². The summed E-state index contributed by atoms with van der Waals surface area (Å²) in [5.41, 5.74) is 0. The average Bonchev–Trinajstić information content (AvgIpc) is 2.75. The summed E-state index contributed by atoms with van der Waals surface area (Å²) in [4.78, 5) is 12.0. The third-order valence-electron chi connectivity index (χ3n) is 9.04. The Bertz CT molecular complexity index is 422. The van der Waals surface area contributed by atoms with Crippen molar-refractivity contribution in [1.82, 2.24) is 19.6 Å². The summed E-state index contributed by atoms with van der Waals surface area (Å²) in [6, 6.07) is 2.51. The average molecular weight is 403 g/mol. The van der Waals surface area contributed by atoms with Crippen LogP contribution in [0, 0.1) is 0 Å². The van der Waals surface area contributed by atoms with Crippen LogP contribution in [0.3, 0.4) is 0 Å². The van der Waals surface area contributed by atoms with Gasteiger partial charge in [0.1, 0.15) is 6.29 Å². The molecule has 3 aliphatic carbocycles. The Morgan fingerprint density at radius 3 is 0.966 bits per heavy atom. The van der Waals surface area contributed by atoms with Crippen LogP contribution in [0.2, 0.25) is 0 Å². The molecule has 0 radical (unpaired) electrons. The Hall–Kier alpha value is -0.160. The summed E-state index contributed by atoms with van der Waals surface area (Å²) >= 11 is 0. The first kappa shape index (κ1) is 20.7. The first-order valence-corrected chi connectivity index (χ1v) is 13.4. The van der Waals surface area contributed by atoms with E-state index in [1.807, 2.05) is 0 Å². The van der Waals surface area contributed by atoms with Gasteiger partial charge in [0, 0.05) is 57.4 Å². The lowest BCUT2D eigenvalue weighted by Crippen LogP contribution is -2.71.